The third-order valence-corrected chi connectivity index (χ3v) is 3.30. The maximum absolute atomic E-state index is 12.8. The number of halogens is 3. The minimum Gasteiger partial charge on any atom is -0.298 e. The zero-order valence-electron chi connectivity index (χ0n) is 11.7. The van der Waals surface area contributed by atoms with Crippen LogP contribution in [-0.4, -0.2) is 6.29 Å². The molecule has 2 aromatic rings. The molecule has 0 bridgehead atoms. The van der Waals surface area contributed by atoms with Crippen molar-refractivity contribution in [2.45, 2.75) is 25.9 Å². The van der Waals surface area contributed by atoms with Crippen LogP contribution in [0.4, 0.5) is 13.2 Å². The van der Waals surface area contributed by atoms with Crippen molar-refractivity contribution in [1.29, 1.82) is 0 Å². The van der Waals surface area contributed by atoms with E-state index in [-0.39, 0.29) is 5.92 Å². The Balaban J connectivity index is 2.56. The molecule has 0 N–H and O–H groups in total. The Hall–Kier alpha value is -2.10. The van der Waals surface area contributed by atoms with Crippen molar-refractivity contribution in [3.05, 3.63) is 59.2 Å². The fraction of sp³-hybridized carbons (Fsp3) is 0.235. The van der Waals surface area contributed by atoms with Gasteiger partial charge in [-0.25, -0.2) is 0 Å². The van der Waals surface area contributed by atoms with E-state index in [1.807, 2.05) is 19.9 Å². The van der Waals surface area contributed by atoms with E-state index in [1.54, 1.807) is 18.2 Å². The summed E-state index contributed by atoms with van der Waals surface area (Å²) in [6.07, 6.45) is -3.66. The fourth-order valence-corrected chi connectivity index (χ4v) is 2.12. The minimum atomic E-state index is -4.38. The Morgan fingerprint density at radius 3 is 2.29 bits per heavy atom. The summed E-state index contributed by atoms with van der Waals surface area (Å²) < 4.78 is 38.3. The summed E-state index contributed by atoms with van der Waals surface area (Å²) in [6, 6.07) is 10.3. The lowest BCUT2D eigenvalue weighted by atomic mass is 9.94. The monoisotopic (exact) mass is 292 g/mol. The maximum Gasteiger partial charge on any atom is 0.416 e. The van der Waals surface area contributed by atoms with Crippen LogP contribution in [0, 0.1) is 0 Å². The zero-order valence-corrected chi connectivity index (χ0v) is 11.7. The molecule has 110 valence electrons. The Kier molecular flexibility index (Phi) is 4.16. The molecule has 0 unspecified atom stereocenters. The second-order valence-electron chi connectivity index (χ2n) is 5.24. The van der Waals surface area contributed by atoms with Crippen LogP contribution in [0.1, 0.15) is 41.3 Å². The average molecular weight is 292 g/mol. The van der Waals surface area contributed by atoms with Gasteiger partial charge in [0.25, 0.3) is 0 Å². The molecule has 0 atom stereocenters. The first-order chi connectivity index (χ1) is 9.81. The molecule has 0 aliphatic carbocycles. The quantitative estimate of drug-likeness (QED) is 0.701. The summed E-state index contributed by atoms with van der Waals surface area (Å²) >= 11 is 0. The molecular weight excluding hydrogens is 277 g/mol. The molecule has 21 heavy (non-hydrogen) atoms. The van der Waals surface area contributed by atoms with Crippen LogP contribution in [0.2, 0.25) is 0 Å². The van der Waals surface area contributed by atoms with Gasteiger partial charge in [-0.2, -0.15) is 13.2 Å². The lowest BCUT2D eigenvalue weighted by Gasteiger charge is -2.12. The molecular formula is C17H15F3O. The molecule has 0 saturated heterocycles. The van der Waals surface area contributed by atoms with Crippen LogP contribution >= 0.6 is 0 Å². The smallest absolute Gasteiger partial charge is 0.298 e. The first-order valence-electron chi connectivity index (χ1n) is 6.59. The summed E-state index contributed by atoms with van der Waals surface area (Å²) in [5.41, 5.74) is 1.77. The predicted molar refractivity (Wildman–Crippen MR) is 76.4 cm³/mol. The molecule has 2 aromatic carbocycles. The largest absolute Gasteiger partial charge is 0.416 e. The standard InChI is InChI=1S/C17H15F3O/c1-11(2)14-6-12(10-21)7-15(8-14)13-4-3-5-16(9-13)17(18,19)20/h3-11H,1-2H3. The van der Waals surface area contributed by atoms with Gasteiger partial charge in [-0.15, -0.1) is 0 Å². The normalized spacial score (nSPS) is 11.7. The van der Waals surface area contributed by atoms with E-state index < -0.39 is 11.7 Å². The molecule has 0 saturated carbocycles. The van der Waals surface area contributed by atoms with E-state index in [1.165, 1.54) is 6.07 Å². The van der Waals surface area contributed by atoms with Crippen LogP contribution in [0.25, 0.3) is 11.1 Å². The summed E-state index contributed by atoms with van der Waals surface area (Å²) in [5, 5.41) is 0. The van der Waals surface area contributed by atoms with Crippen LogP contribution < -0.4 is 0 Å². The number of hydrogen-bond acceptors (Lipinski definition) is 1. The molecule has 0 radical (unpaired) electrons. The van der Waals surface area contributed by atoms with Gasteiger partial charge in [0.2, 0.25) is 0 Å². The van der Waals surface area contributed by atoms with Gasteiger partial charge < -0.3 is 0 Å². The third kappa shape index (κ3) is 3.51. The lowest BCUT2D eigenvalue weighted by molar-refractivity contribution is -0.137. The van der Waals surface area contributed by atoms with Gasteiger partial charge >= 0.3 is 6.18 Å². The highest BCUT2D eigenvalue weighted by Gasteiger charge is 2.30. The Labute approximate surface area is 121 Å². The molecule has 2 rings (SSSR count). The topological polar surface area (TPSA) is 17.1 Å². The van der Waals surface area contributed by atoms with Crippen LogP contribution in [0.5, 0.6) is 0 Å². The second-order valence-corrected chi connectivity index (χ2v) is 5.24. The molecule has 0 aliphatic heterocycles. The molecule has 1 nitrogen and oxygen atoms in total. The van der Waals surface area contributed by atoms with E-state index in [4.69, 9.17) is 0 Å². The number of carbonyl (C=O) groups is 1. The Bertz CT molecular complexity index is 657. The summed E-state index contributed by atoms with van der Waals surface area (Å²) in [4.78, 5) is 11.0. The number of carbonyl (C=O) groups excluding carboxylic acids is 1. The van der Waals surface area contributed by atoms with Crippen molar-refractivity contribution in [1.82, 2.24) is 0 Å². The molecule has 0 spiro atoms. The molecule has 0 aliphatic rings. The number of hydrogen-bond donors (Lipinski definition) is 0. The van der Waals surface area contributed by atoms with Crippen LogP contribution in [0.15, 0.2) is 42.5 Å². The van der Waals surface area contributed by atoms with Crippen molar-refractivity contribution in [2.24, 2.45) is 0 Å². The molecule has 0 fully saturated rings. The molecule has 0 heterocycles. The van der Waals surface area contributed by atoms with Gasteiger partial charge in [-0.3, -0.25) is 4.79 Å². The van der Waals surface area contributed by atoms with E-state index in [2.05, 4.69) is 0 Å². The predicted octanol–water partition coefficient (Wildman–Crippen LogP) is 5.31. The third-order valence-electron chi connectivity index (χ3n) is 3.30. The summed E-state index contributed by atoms with van der Waals surface area (Å²) in [7, 11) is 0. The van der Waals surface area contributed by atoms with E-state index in [9.17, 15) is 18.0 Å². The lowest BCUT2D eigenvalue weighted by Crippen LogP contribution is -2.04. The van der Waals surface area contributed by atoms with E-state index in [0.29, 0.717) is 23.0 Å². The van der Waals surface area contributed by atoms with Gasteiger partial charge in [0.1, 0.15) is 6.29 Å². The molecule has 0 amide bonds. The van der Waals surface area contributed by atoms with Gasteiger partial charge in [-0.05, 0) is 46.9 Å². The highest BCUT2D eigenvalue weighted by molar-refractivity contribution is 5.80. The summed E-state index contributed by atoms with van der Waals surface area (Å²) in [6.45, 7) is 3.94. The van der Waals surface area contributed by atoms with Gasteiger partial charge in [-0.1, -0.05) is 32.0 Å². The van der Waals surface area contributed by atoms with Crippen molar-refractivity contribution >= 4 is 6.29 Å². The van der Waals surface area contributed by atoms with Gasteiger partial charge in [0.05, 0.1) is 5.56 Å². The van der Waals surface area contributed by atoms with Gasteiger partial charge in [0, 0.05) is 5.56 Å². The van der Waals surface area contributed by atoms with Crippen LogP contribution in [0.3, 0.4) is 0 Å². The molecule has 0 aromatic heterocycles. The first-order valence-corrected chi connectivity index (χ1v) is 6.59. The Morgan fingerprint density at radius 2 is 1.71 bits per heavy atom. The van der Waals surface area contributed by atoms with Crippen molar-refractivity contribution < 1.29 is 18.0 Å². The fourth-order valence-electron chi connectivity index (χ4n) is 2.12. The Morgan fingerprint density at radius 1 is 1.00 bits per heavy atom. The zero-order chi connectivity index (χ0) is 15.6. The number of benzene rings is 2. The second kappa shape index (κ2) is 5.72. The minimum absolute atomic E-state index is 0.189. The number of alkyl halides is 3. The van der Waals surface area contributed by atoms with Crippen molar-refractivity contribution in [2.75, 3.05) is 0 Å². The van der Waals surface area contributed by atoms with Gasteiger partial charge in [0.15, 0.2) is 0 Å². The number of aldehydes is 1. The highest BCUT2D eigenvalue weighted by Crippen LogP contribution is 2.33. The highest BCUT2D eigenvalue weighted by atomic mass is 19.4. The maximum atomic E-state index is 12.8. The first kappa shape index (κ1) is 15.3. The van der Waals surface area contributed by atoms with Crippen LogP contribution in [-0.2, 0) is 6.18 Å². The number of rotatable bonds is 3. The average Bonchev–Trinajstić information content (AvgIpc) is 2.46. The SMILES string of the molecule is CC(C)c1cc(C=O)cc(-c2cccc(C(F)(F)F)c2)c1. The van der Waals surface area contributed by atoms with Crippen molar-refractivity contribution in [3.8, 4) is 11.1 Å². The van der Waals surface area contributed by atoms with E-state index in [0.717, 1.165) is 17.7 Å². The van der Waals surface area contributed by atoms with Crippen molar-refractivity contribution in [3.63, 3.8) is 0 Å². The molecule has 4 heteroatoms. The summed E-state index contributed by atoms with van der Waals surface area (Å²) in [5.74, 6) is 0.189. The van der Waals surface area contributed by atoms with E-state index >= 15 is 0 Å².